The molecule has 0 N–H and O–H groups in total. The molecule has 0 amide bonds. The Morgan fingerprint density at radius 3 is 2.10 bits per heavy atom. The summed E-state index contributed by atoms with van der Waals surface area (Å²) in [5, 5.41) is 0. The molecule has 1 aromatic carbocycles. The van der Waals surface area contributed by atoms with E-state index in [9.17, 15) is 8.42 Å². The summed E-state index contributed by atoms with van der Waals surface area (Å²) < 4.78 is 26.9. The predicted octanol–water partition coefficient (Wildman–Crippen LogP) is 2.71. The van der Waals surface area contributed by atoms with Crippen molar-refractivity contribution in [2.24, 2.45) is 5.92 Å². The molecule has 2 heterocycles. The van der Waals surface area contributed by atoms with Crippen molar-refractivity contribution in [1.29, 1.82) is 0 Å². The Bertz CT molecular complexity index is 569. The van der Waals surface area contributed by atoms with E-state index in [1.54, 1.807) is 16.4 Å². The summed E-state index contributed by atoms with van der Waals surface area (Å²) in [7, 11) is -3.31. The summed E-state index contributed by atoms with van der Waals surface area (Å²) in [6.45, 7) is 5.65. The maximum atomic E-state index is 12.6. The number of sulfonamides is 1. The molecule has 5 heteroatoms. The Labute approximate surface area is 127 Å². The first-order valence-electron chi connectivity index (χ1n) is 7.92. The van der Waals surface area contributed by atoms with Crippen LogP contribution in [-0.2, 0) is 10.0 Å². The van der Waals surface area contributed by atoms with Crippen LogP contribution in [0.3, 0.4) is 0 Å². The van der Waals surface area contributed by atoms with Crippen LogP contribution in [0.4, 0.5) is 5.69 Å². The highest BCUT2D eigenvalue weighted by Crippen LogP contribution is 2.26. The highest BCUT2D eigenvalue weighted by molar-refractivity contribution is 7.89. The zero-order chi connectivity index (χ0) is 14.9. The van der Waals surface area contributed by atoms with Crippen molar-refractivity contribution in [3.8, 4) is 0 Å². The van der Waals surface area contributed by atoms with Crippen molar-refractivity contribution in [2.45, 2.75) is 37.5 Å². The number of hydrogen-bond acceptors (Lipinski definition) is 3. The molecule has 2 saturated heterocycles. The van der Waals surface area contributed by atoms with Gasteiger partial charge in [-0.3, -0.25) is 0 Å². The maximum Gasteiger partial charge on any atom is 0.243 e. The fourth-order valence-electron chi connectivity index (χ4n) is 3.18. The minimum atomic E-state index is -3.31. The molecule has 0 atom stereocenters. The second-order valence-electron chi connectivity index (χ2n) is 6.27. The molecule has 3 rings (SSSR count). The maximum absolute atomic E-state index is 12.6. The fraction of sp³-hybridized carbons (Fsp3) is 0.625. The molecule has 116 valence electrons. The number of nitrogens with zero attached hydrogens (tertiary/aromatic N) is 2. The standard InChI is InChI=1S/C16H24N2O2S/c1-14-8-12-18(13-9-14)21(19,20)16-6-4-15(5-7-16)17-10-2-3-11-17/h4-7,14H,2-3,8-13H2,1H3. The molecule has 0 radical (unpaired) electrons. The van der Waals surface area contributed by atoms with Crippen LogP contribution in [0.1, 0.15) is 32.6 Å². The monoisotopic (exact) mass is 308 g/mol. The van der Waals surface area contributed by atoms with Crippen LogP contribution < -0.4 is 4.90 Å². The molecule has 2 aliphatic rings. The molecule has 0 bridgehead atoms. The lowest BCUT2D eigenvalue weighted by molar-refractivity contribution is 0.288. The lowest BCUT2D eigenvalue weighted by atomic mass is 10.0. The average molecular weight is 308 g/mol. The van der Waals surface area contributed by atoms with Crippen LogP contribution >= 0.6 is 0 Å². The van der Waals surface area contributed by atoms with E-state index in [1.165, 1.54) is 12.8 Å². The highest BCUT2D eigenvalue weighted by Gasteiger charge is 2.28. The molecule has 1 aromatic rings. The third-order valence-electron chi connectivity index (χ3n) is 4.69. The molecule has 2 aliphatic heterocycles. The van der Waals surface area contributed by atoms with Crippen molar-refractivity contribution in [1.82, 2.24) is 4.31 Å². The van der Waals surface area contributed by atoms with Gasteiger partial charge in [-0.25, -0.2) is 8.42 Å². The van der Waals surface area contributed by atoms with Gasteiger partial charge in [0.1, 0.15) is 0 Å². The molecule has 2 fully saturated rings. The summed E-state index contributed by atoms with van der Waals surface area (Å²) in [6, 6.07) is 7.43. The third-order valence-corrected chi connectivity index (χ3v) is 6.60. The van der Waals surface area contributed by atoms with Gasteiger partial charge >= 0.3 is 0 Å². The van der Waals surface area contributed by atoms with Crippen molar-refractivity contribution < 1.29 is 8.42 Å². The van der Waals surface area contributed by atoms with Crippen molar-refractivity contribution in [2.75, 3.05) is 31.1 Å². The SMILES string of the molecule is CC1CCN(S(=O)(=O)c2ccc(N3CCCC3)cc2)CC1. The Balaban J connectivity index is 1.76. The normalized spacial score (nSPS) is 21.9. The van der Waals surface area contributed by atoms with E-state index >= 15 is 0 Å². The number of piperidine rings is 1. The first-order valence-corrected chi connectivity index (χ1v) is 9.36. The van der Waals surface area contributed by atoms with Gasteiger partial charge in [-0.2, -0.15) is 4.31 Å². The first kappa shape index (κ1) is 14.9. The molecule has 4 nitrogen and oxygen atoms in total. The van der Waals surface area contributed by atoms with E-state index < -0.39 is 10.0 Å². The fourth-order valence-corrected chi connectivity index (χ4v) is 4.65. The summed E-state index contributed by atoms with van der Waals surface area (Å²) in [6.07, 6.45) is 4.38. The van der Waals surface area contributed by atoms with Crippen LogP contribution in [0.25, 0.3) is 0 Å². The van der Waals surface area contributed by atoms with E-state index in [-0.39, 0.29) is 0 Å². The quantitative estimate of drug-likeness (QED) is 0.862. The zero-order valence-corrected chi connectivity index (χ0v) is 13.5. The Morgan fingerprint density at radius 2 is 1.52 bits per heavy atom. The van der Waals surface area contributed by atoms with Crippen molar-refractivity contribution in [3.63, 3.8) is 0 Å². The number of rotatable bonds is 3. The molecule has 0 aromatic heterocycles. The number of hydrogen-bond donors (Lipinski definition) is 0. The zero-order valence-electron chi connectivity index (χ0n) is 12.7. The van der Waals surface area contributed by atoms with Gasteiger partial charge in [0.2, 0.25) is 10.0 Å². The molecular weight excluding hydrogens is 284 g/mol. The summed E-state index contributed by atoms with van der Waals surface area (Å²) in [5.41, 5.74) is 1.14. The van der Waals surface area contributed by atoms with E-state index in [0.29, 0.717) is 23.9 Å². The van der Waals surface area contributed by atoms with E-state index in [1.807, 2.05) is 12.1 Å². The molecule has 0 unspecified atom stereocenters. The van der Waals surface area contributed by atoms with Gasteiger partial charge in [0, 0.05) is 31.9 Å². The van der Waals surface area contributed by atoms with Crippen LogP contribution in [0.2, 0.25) is 0 Å². The molecule has 21 heavy (non-hydrogen) atoms. The van der Waals surface area contributed by atoms with Crippen molar-refractivity contribution in [3.05, 3.63) is 24.3 Å². The predicted molar refractivity (Wildman–Crippen MR) is 85.0 cm³/mol. The van der Waals surface area contributed by atoms with Crippen molar-refractivity contribution >= 4 is 15.7 Å². The van der Waals surface area contributed by atoms with Gasteiger partial charge in [-0.15, -0.1) is 0 Å². The smallest absolute Gasteiger partial charge is 0.243 e. The average Bonchev–Trinajstić information content (AvgIpc) is 3.02. The topological polar surface area (TPSA) is 40.6 Å². The van der Waals surface area contributed by atoms with Crippen LogP contribution in [0.5, 0.6) is 0 Å². The van der Waals surface area contributed by atoms with Gasteiger partial charge in [0.05, 0.1) is 4.90 Å². The molecule has 0 saturated carbocycles. The summed E-state index contributed by atoms with van der Waals surface area (Å²) in [5.74, 6) is 0.633. The minimum Gasteiger partial charge on any atom is -0.372 e. The highest BCUT2D eigenvalue weighted by atomic mass is 32.2. The third kappa shape index (κ3) is 3.09. The largest absolute Gasteiger partial charge is 0.372 e. The van der Waals surface area contributed by atoms with Crippen LogP contribution in [0, 0.1) is 5.92 Å². The molecule has 0 aliphatic carbocycles. The Hall–Kier alpha value is -1.07. The van der Waals surface area contributed by atoms with Crippen LogP contribution in [0.15, 0.2) is 29.2 Å². The van der Waals surface area contributed by atoms with Crippen LogP contribution in [-0.4, -0.2) is 38.9 Å². The van der Waals surface area contributed by atoms with Gasteiger partial charge in [-0.1, -0.05) is 6.92 Å². The molecule has 0 spiro atoms. The van der Waals surface area contributed by atoms with E-state index in [2.05, 4.69) is 11.8 Å². The van der Waals surface area contributed by atoms with Gasteiger partial charge < -0.3 is 4.90 Å². The summed E-state index contributed by atoms with van der Waals surface area (Å²) in [4.78, 5) is 2.75. The first-order chi connectivity index (χ1) is 10.1. The number of anilines is 1. The molecular formula is C16H24N2O2S. The second-order valence-corrected chi connectivity index (χ2v) is 8.21. The second kappa shape index (κ2) is 5.97. The van der Waals surface area contributed by atoms with Gasteiger partial charge in [-0.05, 0) is 55.9 Å². The van der Waals surface area contributed by atoms with Gasteiger partial charge in [0.25, 0.3) is 0 Å². The van der Waals surface area contributed by atoms with Gasteiger partial charge in [0.15, 0.2) is 0 Å². The van der Waals surface area contributed by atoms with E-state index in [4.69, 9.17) is 0 Å². The Morgan fingerprint density at radius 1 is 0.952 bits per heavy atom. The minimum absolute atomic E-state index is 0.431. The Kier molecular flexibility index (Phi) is 4.22. The number of benzene rings is 1. The lowest BCUT2D eigenvalue weighted by Gasteiger charge is -2.29. The van der Waals surface area contributed by atoms with E-state index in [0.717, 1.165) is 31.6 Å². The summed E-state index contributed by atoms with van der Waals surface area (Å²) >= 11 is 0. The lowest BCUT2D eigenvalue weighted by Crippen LogP contribution is -2.37.